The quantitative estimate of drug-likeness (QED) is 0.917. The maximum atomic E-state index is 14.1. The minimum absolute atomic E-state index is 0.182. The van der Waals surface area contributed by atoms with E-state index in [-0.39, 0.29) is 5.82 Å². The first kappa shape index (κ1) is 15.3. The summed E-state index contributed by atoms with van der Waals surface area (Å²) >= 11 is 0. The molecule has 1 aliphatic heterocycles. The van der Waals surface area contributed by atoms with Crippen LogP contribution in [0.15, 0.2) is 18.2 Å². The summed E-state index contributed by atoms with van der Waals surface area (Å²) in [7, 11) is 1.56. The van der Waals surface area contributed by atoms with Gasteiger partial charge in [0.1, 0.15) is 11.6 Å². The Morgan fingerprint density at radius 1 is 1.45 bits per heavy atom. The average Bonchev–Trinajstić information content (AvgIpc) is 2.40. The van der Waals surface area contributed by atoms with E-state index >= 15 is 0 Å². The highest BCUT2D eigenvalue weighted by Gasteiger charge is 2.28. The van der Waals surface area contributed by atoms with Crippen molar-refractivity contribution in [3.8, 4) is 5.75 Å². The van der Waals surface area contributed by atoms with Crippen molar-refractivity contribution < 1.29 is 9.13 Å². The van der Waals surface area contributed by atoms with Crippen LogP contribution in [0.3, 0.4) is 0 Å². The Hall–Kier alpha value is -1.13. The molecule has 2 rings (SSSR count). The lowest BCUT2D eigenvalue weighted by Gasteiger charge is -2.41. The van der Waals surface area contributed by atoms with E-state index in [4.69, 9.17) is 4.74 Å². The number of ether oxygens (including phenoxy) is 1. The van der Waals surface area contributed by atoms with E-state index < -0.39 is 0 Å². The van der Waals surface area contributed by atoms with Crippen molar-refractivity contribution in [3.05, 3.63) is 29.6 Å². The minimum atomic E-state index is -0.182. The fraction of sp³-hybridized carbons (Fsp3) is 0.625. The molecule has 1 fully saturated rings. The molecular weight excluding hydrogens is 255 g/mol. The van der Waals surface area contributed by atoms with E-state index in [2.05, 4.69) is 31.0 Å². The van der Waals surface area contributed by atoms with E-state index in [1.54, 1.807) is 7.11 Å². The minimum Gasteiger partial charge on any atom is -0.497 e. The summed E-state index contributed by atoms with van der Waals surface area (Å²) in [5.41, 5.74) is 0.741. The van der Waals surface area contributed by atoms with Gasteiger partial charge >= 0.3 is 0 Å². The molecule has 3 nitrogen and oxygen atoms in total. The van der Waals surface area contributed by atoms with Gasteiger partial charge in [0.2, 0.25) is 0 Å². The second-order valence-electron chi connectivity index (χ2n) is 6.01. The molecule has 1 N–H and O–H groups in total. The first-order chi connectivity index (χ1) is 9.51. The number of hydrogen-bond donors (Lipinski definition) is 1. The summed E-state index contributed by atoms with van der Waals surface area (Å²) < 4.78 is 19.1. The van der Waals surface area contributed by atoms with E-state index in [1.165, 1.54) is 6.07 Å². The maximum Gasteiger partial charge on any atom is 0.131 e. The first-order valence-corrected chi connectivity index (χ1v) is 7.31. The topological polar surface area (TPSA) is 24.5 Å². The SMILES string of the molecule is COc1ccc(CN2CC(C)NCC2C(C)C)c(F)c1. The van der Waals surface area contributed by atoms with Gasteiger partial charge in [0.25, 0.3) is 0 Å². The van der Waals surface area contributed by atoms with Gasteiger partial charge in [-0.05, 0) is 18.9 Å². The summed E-state index contributed by atoms with van der Waals surface area (Å²) in [5, 5.41) is 3.51. The van der Waals surface area contributed by atoms with Gasteiger partial charge < -0.3 is 10.1 Å². The molecule has 2 atom stereocenters. The molecule has 2 unspecified atom stereocenters. The molecule has 0 amide bonds. The lowest BCUT2D eigenvalue weighted by Crippen LogP contribution is -2.56. The molecule has 0 radical (unpaired) electrons. The van der Waals surface area contributed by atoms with Gasteiger partial charge in [-0.3, -0.25) is 4.90 Å². The van der Waals surface area contributed by atoms with Gasteiger partial charge in [0, 0.05) is 43.3 Å². The van der Waals surface area contributed by atoms with Crippen LogP contribution in [0.25, 0.3) is 0 Å². The molecule has 1 aliphatic rings. The van der Waals surface area contributed by atoms with Crippen molar-refractivity contribution in [1.82, 2.24) is 10.2 Å². The third kappa shape index (κ3) is 3.49. The third-order valence-electron chi connectivity index (χ3n) is 4.06. The fourth-order valence-electron chi connectivity index (χ4n) is 2.84. The Balaban J connectivity index is 2.13. The molecule has 0 aromatic heterocycles. The molecule has 1 aromatic rings. The van der Waals surface area contributed by atoms with Gasteiger partial charge in [-0.2, -0.15) is 0 Å². The molecule has 1 saturated heterocycles. The van der Waals surface area contributed by atoms with Crippen molar-refractivity contribution in [2.75, 3.05) is 20.2 Å². The van der Waals surface area contributed by atoms with Crippen LogP contribution in [0.4, 0.5) is 4.39 Å². The molecule has 1 heterocycles. The van der Waals surface area contributed by atoms with Gasteiger partial charge in [0.05, 0.1) is 7.11 Å². The van der Waals surface area contributed by atoms with Crippen molar-refractivity contribution in [3.63, 3.8) is 0 Å². The first-order valence-electron chi connectivity index (χ1n) is 7.31. The number of methoxy groups -OCH3 is 1. The van der Waals surface area contributed by atoms with Gasteiger partial charge in [-0.25, -0.2) is 4.39 Å². The number of halogens is 1. The molecule has 1 aromatic carbocycles. The maximum absolute atomic E-state index is 14.1. The molecule has 0 aliphatic carbocycles. The van der Waals surface area contributed by atoms with Crippen LogP contribution in [0.1, 0.15) is 26.3 Å². The van der Waals surface area contributed by atoms with Crippen LogP contribution in [-0.4, -0.2) is 37.2 Å². The molecule has 0 saturated carbocycles. The fourth-order valence-corrected chi connectivity index (χ4v) is 2.84. The van der Waals surface area contributed by atoms with Crippen LogP contribution >= 0.6 is 0 Å². The van der Waals surface area contributed by atoms with Crippen LogP contribution in [0, 0.1) is 11.7 Å². The highest BCUT2D eigenvalue weighted by molar-refractivity contribution is 5.29. The second-order valence-corrected chi connectivity index (χ2v) is 6.01. The van der Waals surface area contributed by atoms with E-state index in [9.17, 15) is 4.39 Å². The van der Waals surface area contributed by atoms with E-state index in [0.29, 0.717) is 30.3 Å². The summed E-state index contributed by atoms with van der Waals surface area (Å²) in [4.78, 5) is 2.39. The zero-order valence-corrected chi connectivity index (χ0v) is 12.8. The smallest absolute Gasteiger partial charge is 0.131 e. The standard InChI is InChI=1S/C16H25FN2O/c1-11(2)16-8-18-12(3)9-19(16)10-13-5-6-14(20-4)7-15(13)17/h5-7,11-12,16,18H,8-10H2,1-4H3. The zero-order valence-electron chi connectivity index (χ0n) is 12.8. The van der Waals surface area contributed by atoms with Crippen molar-refractivity contribution >= 4 is 0 Å². The van der Waals surface area contributed by atoms with Gasteiger partial charge in [0.15, 0.2) is 0 Å². The average molecular weight is 280 g/mol. The molecule has 20 heavy (non-hydrogen) atoms. The lowest BCUT2D eigenvalue weighted by molar-refractivity contribution is 0.0944. The zero-order chi connectivity index (χ0) is 14.7. The second kappa shape index (κ2) is 6.55. The largest absolute Gasteiger partial charge is 0.497 e. The van der Waals surface area contributed by atoms with Crippen molar-refractivity contribution in [1.29, 1.82) is 0 Å². The number of nitrogens with zero attached hydrogens (tertiary/aromatic N) is 1. The number of nitrogens with one attached hydrogen (secondary N) is 1. The summed E-state index contributed by atoms with van der Waals surface area (Å²) in [6.45, 7) is 9.20. The number of benzene rings is 1. The predicted molar refractivity (Wildman–Crippen MR) is 79.5 cm³/mol. The molecule has 0 spiro atoms. The Kier molecular flexibility index (Phi) is 5.00. The monoisotopic (exact) mass is 280 g/mol. The Labute approximate surface area is 121 Å². The summed E-state index contributed by atoms with van der Waals surface area (Å²) in [5.74, 6) is 0.940. The van der Waals surface area contributed by atoms with Crippen molar-refractivity contribution in [2.45, 2.75) is 39.4 Å². The van der Waals surface area contributed by atoms with E-state index in [1.807, 2.05) is 12.1 Å². The van der Waals surface area contributed by atoms with Crippen LogP contribution < -0.4 is 10.1 Å². The normalized spacial score (nSPS) is 24.1. The van der Waals surface area contributed by atoms with Crippen LogP contribution in [0.5, 0.6) is 5.75 Å². The Bertz CT molecular complexity index is 450. The van der Waals surface area contributed by atoms with Gasteiger partial charge in [-0.1, -0.05) is 19.9 Å². The van der Waals surface area contributed by atoms with Crippen LogP contribution in [0.2, 0.25) is 0 Å². The number of rotatable bonds is 4. The number of piperazine rings is 1. The van der Waals surface area contributed by atoms with E-state index in [0.717, 1.165) is 18.7 Å². The Morgan fingerprint density at radius 3 is 2.80 bits per heavy atom. The summed E-state index contributed by atoms with van der Waals surface area (Å²) in [6.07, 6.45) is 0. The number of hydrogen-bond acceptors (Lipinski definition) is 3. The lowest BCUT2D eigenvalue weighted by atomic mass is 9.98. The molecular formula is C16H25FN2O. The molecule has 0 bridgehead atoms. The highest BCUT2D eigenvalue weighted by Crippen LogP contribution is 2.22. The highest BCUT2D eigenvalue weighted by atomic mass is 19.1. The third-order valence-corrected chi connectivity index (χ3v) is 4.06. The summed E-state index contributed by atoms with van der Waals surface area (Å²) in [6, 6.07) is 6.02. The molecule has 4 heteroatoms. The Morgan fingerprint density at radius 2 is 2.20 bits per heavy atom. The van der Waals surface area contributed by atoms with Gasteiger partial charge in [-0.15, -0.1) is 0 Å². The predicted octanol–water partition coefficient (Wildman–Crippen LogP) is 2.65. The van der Waals surface area contributed by atoms with Crippen LogP contribution in [-0.2, 0) is 6.54 Å². The molecule has 112 valence electrons. The van der Waals surface area contributed by atoms with Crippen molar-refractivity contribution in [2.24, 2.45) is 5.92 Å².